The minimum atomic E-state index is -1.04. The summed E-state index contributed by atoms with van der Waals surface area (Å²) in [4.78, 5) is 21.3. The van der Waals surface area contributed by atoms with Gasteiger partial charge in [0.25, 0.3) is 0 Å². The highest BCUT2D eigenvalue weighted by atomic mass is 16.5. The summed E-state index contributed by atoms with van der Waals surface area (Å²) >= 11 is 0. The molecule has 0 spiro atoms. The van der Waals surface area contributed by atoms with Crippen LogP contribution in [-0.4, -0.2) is 30.1 Å². The Kier molecular flexibility index (Phi) is 3.03. The first kappa shape index (κ1) is 10.2. The molecule has 1 saturated carbocycles. The highest BCUT2D eigenvalue weighted by Crippen LogP contribution is 2.33. The van der Waals surface area contributed by atoms with E-state index in [-0.39, 0.29) is 5.92 Å². The van der Waals surface area contributed by atoms with Crippen LogP contribution >= 0.6 is 0 Å². The van der Waals surface area contributed by atoms with Crippen molar-refractivity contribution >= 4 is 12.3 Å². The number of hydrogen-bond acceptors (Lipinski definition) is 3. The van der Waals surface area contributed by atoms with E-state index in [0.29, 0.717) is 25.7 Å². The lowest BCUT2D eigenvalue weighted by Crippen LogP contribution is -2.44. The molecular weight excluding hydrogens is 172 g/mol. The van der Waals surface area contributed by atoms with Crippen molar-refractivity contribution in [3.8, 4) is 0 Å². The minimum absolute atomic E-state index is 0.0163. The normalized spacial score (nSPS) is 34.1. The van der Waals surface area contributed by atoms with Gasteiger partial charge in [0.05, 0.1) is 0 Å². The average Bonchev–Trinajstić information content (AvgIpc) is 2.17. The van der Waals surface area contributed by atoms with E-state index < -0.39 is 11.6 Å². The molecule has 0 saturated heterocycles. The minimum Gasteiger partial charge on any atom is -0.479 e. The molecule has 4 heteroatoms. The molecule has 4 nitrogen and oxygen atoms in total. The average molecular weight is 186 g/mol. The second-order valence-corrected chi connectivity index (χ2v) is 3.48. The van der Waals surface area contributed by atoms with E-state index >= 15 is 0 Å². The summed E-state index contributed by atoms with van der Waals surface area (Å²) in [7, 11) is 1.41. The van der Waals surface area contributed by atoms with Gasteiger partial charge in [-0.15, -0.1) is 0 Å². The SMILES string of the molecule is COC1(C(=O)O)CCC(C=O)CC1. The number of aldehydes is 1. The highest BCUT2D eigenvalue weighted by molar-refractivity contribution is 5.77. The maximum Gasteiger partial charge on any atom is 0.335 e. The van der Waals surface area contributed by atoms with E-state index in [4.69, 9.17) is 9.84 Å². The van der Waals surface area contributed by atoms with Crippen LogP contribution in [0.2, 0.25) is 0 Å². The molecule has 1 aliphatic rings. The Balaban J connectivity index is 2.63. The van der Waals surface area contributed by atoms with E-state index in [1.165, 1.54) is 7.11 Å². The molecule has 0 aromatic heterocycles. The van der Waals surface area contributed by atoms with Crippen molar-refractivity contribution in [2.24, 2.45) is 5.92 Å². The molecule has 0 unspecified atom stereocenters. The molecular formula is C9H14O4. The molecule has 74 valence electrons. The molecule has 1 N–H and O–H groups in total. The van der Waals surface area contributed by atoms with E-state index in [2.05, 4.69) is 0 Å². The number of ether oxygens (including phenoxy) is 1. The third-order valence-electron chi connectivity index (χ3n) is 2.81. The van der Waals surface area contributed by atoms with Crippen LogP contribution in [0.4, 0.5) is 0 Å². The molecule has 0 amide bonds. The molecule has 0 aliphatic heterocycles. The van der Waals surface area contributed by atoms with Gasteiger partial charge in [-0.2, -0.15) is 0 Å². The van der Waals surface area contributed by atoms with E-state index in [0.717, 1.165) is 6.29 Å². The van der Waals surface area contributed by atoms with Crippen LogP contribution < -0.4 is 0 Å². The Labute approximate surface area is 76.9 Å². The highest BCUT2D eigenvalue weighted by Gasteiger charge is 2.41. The van der Waals surface area contributed by atoms with Crippen molar-refractivity contribution < 1.29 is 19.4 Å². The van der Waals surface area contributed by atoms with Crippen LogP contribution in [-0.2, 0) is 14.3 Å². The molecule has 0 aromatic carbocycles. The second-order valence-electron chi connectivity index (χ2n) is 3.48. The second kappa shape index (κ2) is 3.87. The summed E-state index contributed by atoms with van der Waals surface area (Å²) in [6.45, 7) is 0. The third-order valence-corrected chi connectivity index (χ3v) is 2.81. The lowest BCUT2D eigenvalue weighted by atomic mass is 9.79. The van der Waals surface area contributed by atoms with E-state index in [9.17, 15) is 9.59 Å². The first-order chi connectivity index (χ1) is 6.14. The van der Waals surface area contributed by atoms with Crippen molar-refractivity contribution in [3.63, 3.8) is 0 Å². The van der Waals surface area contributed by atoms with Crippen LogP contribution in [0.1, 0.15) is 25.7 Å². The fourth-order valence-corrected chi connectivity index (χ4v) is 1.75. The number of aliphatic carboxylic acids is 1. The number of rotatable bonds is 3. The van der Waals surface area contributed by atoms with Gasteiger partial charge in [0.15, 0.2) is 5.60 Å². The lowest BCUT2D eigenvalue weighted by molar-refractivity contribution is -0.167. The summed E-state index contributed by atoms with van der Waals surface area (Å²) in [6.07, 6.45) is 3.00. The van der Waals surface area contributed by atoms with E-state index in [1.54, 1.807) is 0 Å². The summed E-state index contributed by atoms with van der Waals surface area (Å²) < 4.78 is 5.02. The molecule has 0 radical (unpaired) electrons. The predicted molar refractivity (Wildman–Crippen MR) is 45.4 cm³/mol. The number of carbonyl (C=O) groups is 2. The number of hydrogen-bond donors (Lipinski definition) is 1. The van der Waals surface area contributed by atoms with Crippen molar-refractivity contribution in [1.29, 1.82) is 0 Å². The first-order valence-electron chi connectivity index (χ1n) is 4.38. The van der Waals surface area contributed by atoms with Gasteiger partial charge in [0.1, 0.15) is 6.29 Å². The Hall–Kier alpha value is -0.900. The Morgan fingerprint density at radius 2 is 2.08 bits per heavy atom. The van der Waals surface area contributed by atoms with Gasteiger partial charge in [-0.3, -0.25) is 0 Å². The largest absolute Gasteiger partial charge is 0.479 e. The van der Waals surface area contributed by atoms with Gasteiger partial charge in [0.2, 0.25) is 0 Å². The zero-order valence-corrected chi connectivity index (χ0v) is 7.66. The van der Waals surface area contributed by atoms with Crippen molar-refractivity contribution in [2.75, 3.05) is 7.11 Å². The van der Waals surface area contributed by atoms with Crippen LogP contribution in [0.5, 0.6) is 0 Å². The molecule has 1 fully saturated rings. The summed E-state index contributed by atoms with van der Waals surface area (Å²) in [6, 6.07) is 0. The lowest BCUT2D eigenvalue weighted by Gasteiger charge is -2.33. The van der Waals surface area contributed by atoms with Crippen molar-refractivity contribution in [3.05, 3.63) is 0 Å². The van der Waals surface area contributed by atoms with Gasteiger partial charge in [-0.1, -0.05) is 0 Å². The fraction of sp³-hybridized carbons (Fsp3) is 0.778. The summed E-state index contributed by atoms with van der Waals surface area (Å²) in [5.74, 6) is -0.901. The topological polar surface area (TPSA) is 63.6 Å². The summed E-state index contributed by atoms with van der Waals surface area (Å²) in [5, 5.41) is 8.93. The van der Waals surface area contributed by atoms with Crippen LogP contribution in [0, 0.1) is 5.92 Å². The molecule has 0 aromatic rings. The van der Waals surface area contributed by atoms with E-state index in [1.807, 2.05) is 0 Å². The van der Waals surface area contributed by atoms with Crippen LogP contribution in [0.25, 0.3) is 0 Å². The molecule has 1 aliphatic carbocycles. The molecule has 0 heterocycles. The van der Waals surface area contributed by atoms with Gasteiger partial charge < -0.3 is 14.6 Å². The monoisotopic (exact) mass is 186 g/mol. The number of carboxylic acids is 1. The Morgan fingerprint density at radius 1 is 1.54 bits per heavy atom. The van der Waals surface area contributed by atoms with Gasteiger partial charge in [0, 0.05) is 13.0 Å². The fourth-order valence-electron chi connectivity index (χ4n) is 1.75. The van der Waals surface area contributed by atoms with Gasteiger partial charge >= 0.3 is 5.97 Å². The van der Waals surface area contributed by atoms with Crippen molar-refractivity contribution in [2.45, 2.75) is 31.3 Å². The number of carboxylic acid groups (broad SMARTS) is 1. The number of methoxy groups -OCH3 is 1. The Bertz CT molecular complexity index is 204. The Morgan fingerprint density at radius 3 is 2.38 bits per heavy atom. The maximum absolute atomic E-state index is 10.9. The van der Waals surface area contributed by atoms with Crippen LogP contribution in [0.3, 0.4) is 0 Å². The molecule has 1 rings (SSSR count). The molecule has 13 heavy (non-hydrogen) atoms. The molecule has 0 bridgehead atoms. The predicted octanol–water partition coefficient (Wildman–Crippen LogP) is 0.845. The smallest absolute Gasteiger partial charge is 0.335 e. The quantitative estimate of drug-likeness (QED) is 0.663. The van der Waals surface area contributed by atoms with Crippen molar-refractivity contribution in [1.82, 2.24) is 0 Å². The van der Waals surface area contributed by atoms with Crippen LogP contribution in [0.15, 0.2) is 0 Å². The molecule has 0 atom stereocenters. The first-order valence-corrected chi connectivity index (χ1v) is 4.38. The standard InChI is InChI=1S/C9H14O4/c1-13-9(8(11)12)4-2-7(6-10)3-5-9/h6-7H,2-5H2,1H3,(H,11,12). The van der Waals surface area contributed by atoms with Gasteiger partial charge in [-0.25, -0.2) is 4.79 Å². The zero-order valence-electron chi connectivity index (χ0n) is 7.66. The summed E-state index contributed by atoms with van der Waals surface area (Å²) in [5.41, 5.74) is -1.04. The third kappa shape index (κ3) is 1.88. The van der Waals surface area contributed by atoms with Gasteiger partial charge in [-0.05, 0) is 25.7 Å². The zero-order chi connectivity index (χ0) is 9.90. The number of carbonyl (C=O) groups excluding carboxylic acids is 1. The maximum atomic E-state index is 10.9.